The molecule has 6 heteroatoms. The first-order valence-electron chi connectivity index (χ1n) is 8.83. The van der Waals surface area contributed by atoms with Crippen LogP contribution in [0.15, 0.2) is 92.5 Å². The van der Waals surface area contributed by atoms with Gasteiger partial charge in [-0.25, -0.2) is 9.98 Å². The smallest absolute Gasteiger partial charge is 0.282 e. The molecule has 4 heterocycles. The molecule has 0 aliphatic carbocycles. The largest absolute Gasteiger partial charge is 0.465 e. The number of amidine groups is 1. The first-order chi connectivity index (χ1) is 13.8. The lowest BCUT2D eigenvalue weighted by Crippen LogP contribution is -2.36. The van der Waals surface area contributed by atoms with Gasteiger partial charge in [0, 0.05) is 18.7 Å². The summed E-state index contributed by atoms with van der Waals surface area (Å²) in [6.07, 6.45) is 5.60. The first kappa shape index (κ1) is 16.6. The van der Waals surface area contributed by atoms with E-state index in [9.17, 15) is 4.79 Å². The minimum absolute atomic E-state index is 0.180. The minimum atomic E-state index is -0.180. The van der Waals surface area contributed by atoms with Crippen molar-refractivity contribution in [3.8, 4) is 0 Å². The summed E-state index contributed by atoms with van der Waals surface area (Å²) in [7, 11) is 0. The standard InChI is InChI=1S/C22H15N3O2S/c26-22-18(13-16-8-4-10-27-16)24-21-17(12-15-6-2-1-3-7-15)23-19(14-25(21)22)20-9-5-11-28-20/h1-11,13-14H,12H2. The molecule has 0 bridgehead atoms. The van der Waals surface area contributed by atoms with Gasteiger partial charge in [0.2, 0.25) is 0 Å². The average molecular weight is 385 g/mol. The zero-order valence-electron chi connectivity index (χ0n) is 14.8. The first-order valence-corrected chi connectivity index (χ1v) is 9.71. The number of hydrogen-bond donors (Lipinski definition) is 0. The number of furan rings is 1. The number of carbonyl (C=O) groups is 1. The third-order valence-corrected chi connectivity index (χ3v) is 5.36. The molecule has 0 atom stereocenters. The van der Waals surface area contributed by atoms with E-state index < -0.39 is 0 Å². The predicted molar refractivity (Wildman–Crippen MR) is 111 cm³/mol. The van der Waals surface area contributed by atoms with E-state index >= 15 is 0 Å². The Morgan fingerprint density at radius 3 is 2.68 bits per heavy atom. The van der Waals surface area contributed by atoms with Gasteiger partial charge in [0.15, 0.2) is 5.84 Å². The second kappa shape index (κ2) is 6.90. The maximum Gasteiger partial charge on any atom is 0.282 e. The number of carbonyl (C=O) groups excluding carboxylic acids is 1. The molecule has 2 aliphatic heterocycles. The Morgan fingerprint density at radius 2 is 1.93 bits per heavy atom. The van der Waals surface area contributed by atoms with Crippen molar-refractivity contribution < 1.29 is 9.21 Å². The fraction of sp³-hybridized carbons (Fsp3) is 0.0455. The molecule has 2 aliphatic rings. The zero-order valence-corrected chi connectivity index (χ0v) is 15.6. The van der Waals surface area contributed by atoms with Crippen molar-refractivity contribution in [1.29, 1.82) is 0 Å². The molecule has 1 aromatic carbocycles. The van der Waals surface area contributed by atoms with Crippen LogP contribution in [0.2, 0.25) is 0 Å². The number of aliphatic imine (C=N–C) groups is 2. The summed E-state index contributed by atoms with van der Waals surface area (Å²) in [5, 5.41) is 2.00. The van der Waals surface area contributed by atoms with Gasteiger partial charge >= 0.3 is 0 Å². The Hall–Kier alpha value is -3.51. The summed E-state index contributed by atoms with van der Waals surface area (Å²) >= 11 is 1.59. The van der Waals surface area contributed by atoms with Crippen LogP contribution in [-0.4, -0.2) is 22.4 Å². The number of benzene rings is 1. The second-order valence-electron chi connectivity index (χ2n) is 6.37. The number of amides is 1. The fourth-order valence-electron chi connectivity index (χ4n) is 3.16. The van der Waals surface area contributed by atoms with Gasteiger partial charge in [0.1, 0.15) is 11.5 Å². The molecule has 0 N–H and O–H groups in total. The van der Waals surface area contributed by atoms with Crippen LogP contribution in [0.25, 0.3) is 11.8 Å². The summed E-state index contributed by atoms with van der Waals surface area (Å²) in [4.78, 5) is 25.0. The molecule has 0 fully saturated rings. The lowest BCUT2D eigenvalue weighted by Gasteiger charge is -2.21. The van der Waals surface area contributed by atoms with E-state index in [1.165, 1.54) is 0 Å². The molecule has 0 radical (unpaired) electrons. The highest BCUT2D eigenvalue weighted by molar-refractivity contribution is 7.11. The third kappa shape index (κ3) is 3.04. The number of thiophene rings is 1. The molecule has 3 aromatic rings. The van der Waals surface area contributed by atoms with E-state index in [2.05, 4.69) is 4.99 Å². The van der Waals surface area contributed by atoms with Gasteiger partial charge in [-0.05, 0) is 29.1 Å². The van der Waals surface area contributed by atoms with E-state index in [0.29, 0.717) is 23.7 Å². The summed E-state index contributed by atoms with van der Waals surface area (Å²) < 4.78 is 5.34. The maximum absolute atomic E-state index is 13.0. The van der Waals surface area contributed by atoms with E-state index in [4.69, 9.17) is 9.41 Å². The molecule has 0 saturated carbocycles. The van der Waals surface area contributed by atoms with Crippen molar-refractivity contribution in [1.82, 2.24) is 4.90 Å². The molecule has 1 amide bonds. The second-order valence-corrected chi connectivity index (χ2v) is 7.32. The van der Waals surface area contributed by atoms with Gasteiger partial charge in [-0.1, -0.05) is 36.4 Å². The Kier molecular flexibility index (Phi) is 4.10. The number of rotatable bonds is 4. The molecular formula is C22H15N3O2S. The van der Waals surface area contributed by atoms with Crippen molar-refractivity contribution in [3.63, 3.8) is 0 Å². The predicted octanol–water partition coefficient (Wildman–Crippen LogP) is 4.62. The quantitative estimate of drug-likeness (QED) is 0.616. The third-order valence-electron chi connectivity index (χ3n) is 4.47. The molecular weight excluding hydrogens is 370 g/mol. The van der Waals surface area contributed by atoms with Crippen LogP contribution in [0.5, 0.6) is 0 Å². The molecule has 2 aromatic heterocycles. The van der Waals surface area contributed by atoms with Crippen LogP contribution in [0.1, 0.15) is 16.2 Å². The maximum atomic E-state index is 13.0. The molecule has 136 valence electrons. The van der Waals surface area contributed by atoms with Crippen LogP contribution in [0.4, 0.5) is 0 Å². The van der Waals surface area contributed by atoms with E-state index in [1.54, 1.807) is 46.9 Å². The van der Waals surface area contributed by atoms with Gasteiger partial charge in [0.25, 0.3) is 5.91 Å². The van der Waals surface area contributed by atoms with Crippen molar-refractivity contribution in [2.75, 3.05) is 0 Å². The Bertz CT molecular complexity index is 1140. The van der Waals surface area contributed by atoms with Crippen molar-refractivity contribution >= 4 is 40.6 Å². The SMILES string of the molecule is O=C1C(=Cc2ccco2)N=C2C(Cc3ccccc3)=NC(c3cccs3)=CN12. The van der Waals surface area contributed by atoms with E-state index in [0.717, 1.165) is 21.8 Å². The monoisotopic (exact) mass is 385 g/mol. The van der Waals surface area contributed by atoms with Gasteiger partial charge in [-0.3, -0.25) is 9.69 Å². The van der Waals surface area contributed by atoms with Gasteiger partial charge in [0.05, 0.1) is 22.5 Å². The van der Waals surface area contributed by atoms with Gasteiger partial charge < -0.3 is 4.42 Å². The van der Waals surface area contributed by atoms with Crippen molar-refractivity contribution in [2.45, 2.75) is 6.42 Å². The molecule has 5 nitrogen and oxygen atoms in total. The molecule has 28 heavy (non-hydrogen) atoms. The topological polar surface area (TPSA) is 58.2 Å². The molecule has 0 spiro atoms. The normalized spacial score (nSPS) is 17.4. The van der Waals surface area contributed by atoms with Gasteiger partial charge in [-0.15, -0.1) is 11.3 Å². The Labute approximate surface area is 165 Å². The van der Waals surface area contributed by atoms with E-state index in [-0.39, 0.29) is 5.91 Å². The van der Waals surface area contributed by atoms with Crippen molar-refractivity contribution in [2.24, 2.45) is 9.98 Å². The van der Waals surface area contributed by atoms with Gasteiger partial charge in [-0.2, -0.15) is 0 Å². The summed E-state index contributed by atoms with van der Waals surface area (Å²) in [5.74, 6) is 0.990. The fourth-order valence-corrected chi connectivity index (χ4v) is 3.84. The van der Waals surface area contributed by atoms with Crippen LogP contribution in [0, 0.1) is 0 Å². The Morgan fingerprint density at radius 1 is 1.04 bits per heavy atom. The highest BCUT2D eigenvalue weighted by Crippen LogP contribution is 2.30. The molecule has 0 unspecified atom stereocenters. The number of nitrogens with zero attached hydrogens (tertiary/aromatic N) is 3. The van der Waals surface area contributed by atoms with Crippen LogP contribution in [0.3, 0.4) is 0 Å². The number of fused-ring (bicyclic) bond motifs is 1. The summed E-state index contributed by atoms with van der Waals surface area (Å²) in [6.45, 7) is 0. The minimum Gasteiger partial charge on any atom is -0.465 e. The summed E-state index contributed by atoms with van der Waals surface area (Å²) in [5.41, 5.74) is 3.00. The van der Waals surface area contributed by atoms with E-state index in [1.807, 2.05) is 47.8 Å². The lowest BCUT2D eigenvalue weighted by atomic mass is 10.1. The average Bonchev–Trinajstić information content (AvgIpc) is 3.47. The lowest BCUT2D eigenvalue weighted by molar-refractivity contribution is -0.120. The highest BCUT2D eigenvalue weighted by Gasteiger charge is 2.35. The molecule has 0 saturated heterocycles. The van der Waals surface area contributed by atoms with Crippen LogP contribution >= 0.6 is 11.3 Å². The van der Waals surface area contributed by atoms with Crippen molar-refractivity contribution in [3.05, 3.63) is 94.3 Å². The van der Waals surface area contributed by atoms with Crippen LogP contribution in [-0.2, 0) is 11.2 Å². The number of hydrogen-bond acceptors (Lipinski definition) is 5. The summed E-state index contributed by atoms with van der Waals surface area (Å²) in [6, 6.07) is 17.6. The Balaban J connectivity index is 1.58. The zero-order chi connectivity index (χ0) is 18.9. The van der Waals surface area contributed by atoms with Crippen LogP contribution < -0.4 is 0 Å². The highest BCUT2D eigenvalue weighted by atomic mass is 32.1. The molecule has 5 rings (SSSR count).